The maximum Gasteiger partial charge on any atom is 0.159 e. The molecule has 0 amide bonds. The normalized spacial score (nSPS) is 15.1. The van der Waals surface area contributed by atoms with Crippen LogP contribution in [0.25, 0.3) is 11.4 Å². The fraction of sp³-hybridized carbons (Fsp3) is 0.238. The smallest absolute Gasteiger partial charge is 0.159 e. The van der Waals surface area contributed by atoms with E-state index in [2.05, 4.69) is 19.8 Å². The Balaban J connectivity index is 1.42. The second kappa shape index (κ2) is 7.72. The zero-order valence-electron chi connectivity index (χ0n) is 14.9. The van der Waals surface area contributed by atoms with Crippen LogP contribution in [0.15, 0.2) is 60.9 Å². The number of halogens is 1. The Kier molecular flexibility index (Phi) is 4.98. The van der Waals surface area contributed by atoms with E-state index in [4.69, 9.17) is 0 Å². The fourth-order valence-electron chi connectivity index (χ4n) is 3.36. The van der Waals surface area contributed by atoms with E-state index in [-0.39, 0.29) is 11.6 Å². The summed E-state index contributed by atoms with van der Waals surface area (Å²) in [5.74, 6) is 0.727. The molecule has 1 fully saturated rings. The molecule has 1 N–H and O–H groups in total. The van der Waals surface area contributed by atoms with Crippen molar-refractivity contribution in [3.05, 3.63) is 72.3 Å². The highest BCUT2D eigenvalue weighted by atomic mass is 19.1. The molecule has 4 rings (SSSR count). The number of rotatable bonds is 4. The summed E-state index contributed by atoms with van der Waals surface area (Å²) >= 11 is 0. The third-order valence-electron chi connectivity index (χ3n) is 4.86. The van der Waals surface area contributed by atoms with Crippen molar-refractivity contribution in [3.8, 4) is 17.1 Å². The van der Waals surface area contributed by atoms with Gasteiger partial charge in [0.25, 0.3) is 0 Å². The highest BCUT2D eigenvalue weighted by molar-refractivity contribution is 5.58. The monoisotopic (exact) mass is 364 g/mol. The Morgan fingerprint density at radius 1 is 0.926 bits per heavy atom. The summed E-state index contributed by atoms with van der Waals surface area (Å²) in [6, 6.07) is 13.9. The number of aromatic hydroxyl groups is 1. The van der Waals surface area contributed by atoms with Crippen LogP contribution in [0, 0.1) is 5.82 Å². The number of piperazine rings is 1. The van der Waals surface area contributed by atoms with Crippen molar-refractivity contribution in [3.63, 3.8) is 0 Å². The fourth-order valence-corrected chi connectivity index (χ4v) is 3.36. The zero-order chi connectivity index (χ0) is 18.6. The van der Waals surface area contributed by atoms with E-state index in [0.29, 0.717) is 12.4 Å². The molecule has 27 heavy (non-hydrogen) atoms. The number of anilines is 1. The Morgan fingerprint density at radius 3 is 2.33 bits per heavy atom. The molecule has 0 spiro atoms. The lowest BCUT2D eigenvalue weighted by Gasteiger charge is -2.36. The molecule has 1 saturated heterocycles. The highest BCUT2D eigenvalue weighted by Crippen LogP contribution is 2.26. The van der Waals surface area contributed by atoms with Crippen molar-refractivity contribution in [2.45, 2.75) is 6.54 Å². The number of benzene rings is 2. The molecule has 0 aliphatic carbocycles. The van der Waals surface area contributed by atoms with Crippen LogP contribution in [0.4, 0.5) is 10.1 Å². The quantitative estimate of drug-likeness (QED) is 0.770. The number of aromatic nitrogens is 2. The number of hydrogen-bond acceptors (Lipinski definition) is 5. The van der Waals surface area contributed by atoms with Gasteiger partial charge in [0.1, 0.15) is 11.6 Å². The van der Waals surface area contributed by atoms with Gasteiger partial charge in [-0.15, -0.1) is 0 Å². The SMILES string of the molecule is Oc1ccc(-c2ncccn2)cc1CN1CCN(c2ccc(F)cc2)CC1. The topological polar surface area (TPSA) is 52.5 Å². The van der Waals surface area contributed by atoms with Gasteiger partial charge in [-0.25, -0.2) is 14.4 Å². The summed E-state index contributed by atoms with van der Waals surface area (Å²) < 4.78 is 13.1. The summed E-state index contributed by atoms with van der Waals surface area (Å²) in [7, 11) is 0. The largest absolute Gasteiger partial charge is 0.508 e. The van der Waals surface area contributed by atoms with Crippen LogP contribution < -0.4 is 4.90 Å². The van der Waals surface area contributed by atoms with Crippen molar-refractivity contribution in [2.75, 3.05) is 31.1 Å². The summed E-state index contributed by atoms with van der Waals surface area (Å²) in [4.78, 5) is 13.1. The van der Waals surface area contributed by atoms with Gasteiger partial charge in [0.05, 0.1) is 0 Å². The highest BCUT2D eigenvalue weighted by Gasteiger charge is 2.19. The van der Waals surface area contributed by atoms with E-state index in [1.165, 1.54) is 12.1 Å². The van der Waals surface area contributed by atoms with Crippen LogP contribution in [0.5, 0.6) is 5.75 Å². The zero-order valence-corrected chi connectivity index (χ0v) is 14.9. The van der Waals surface area contributed by atoms with Crippen molar-refractivity contribution in [1.29, 1.82) is 0 Å². The first kappa shape index (κ1) is 17.4. The summed E-state index contributed by atoms with van der Waals surface area (Å²) in [5, 5.41) is 10.3. The van der Waals surface area contributed by atoms with E-state index in [1.807, 2.05) is 24.3 Å². The second-order valence-electron chi connectivity index (χ2n) is 6.66. The average Bonchev–Trinajstić information content (AvgIpc) is 2.71. The molecule has 1 aromatic heterocycles. The van der Waals surface area contributed by atoms with Crippen molar-refractivity contribution < 1.29 is 9.50 Å². The predicted octanol–water partition coefficient (Wildman–Crippen LogP) is 3.31. The van der Waals surface area contributed by atoms with Crippen molar-refractivity contribution in [2.24, 2.45) is 0 Å². The van der Waals surface area contributed by atoms with Gasteiger partial charge in [-0.05, 0) is 48.5 Å². The Hall–Kier alpha value is -2.99. The molecule has 2 aromatic carbocycles. The van der Waals surface area contributed by atoms with Gasteiger partial charge in [-0.1, -0.05) is 0 Å². The van der Waals surface area contributed by atoms with Crippen molar-refractivity contribution in [1.82, 2.24) is 14.9 Å². The summed E-state index contributed by atoms with van der Waals surface area (Å²) in [6.45, 7) is 4.16. The molecule has 3 aromatic rings. The Morgan fingerprint density at radius 2 is 1.63 bits per heavy atom. The lowest BCUT2D eigenvalue weighted by atomic mass is 10.1. The Labute approximate surface area is 157 Å². The Bertz CT molecular complexity index is 894. The van der Waals surface area contributed by atoms with Crippen LogP contribution in [0.2, 0.25) is 0 Å². The van der Waals surface area contributed by atoms with E-state index in [0.717, 1.165) is 43.0 Å². The minimum Gasteiger partial charge on any atom is -0.508 e. The van der Waals surface area contributed by atoms with E-state index >= 15 is 0 Å². The maximum atomic E-state index is 13.1. The lowest BCUT2D eigenvalue weighted by molar-refractivity contribution is 0.247. The second-order valence-corrected chi connectivity index (χ2v) is 6.66. The van der Waals surface area contributed by atoms with E-state index in [1.54, 1.807) is 24.5 Å². The maximum absolute atomic E-state index is 13.1. The molecule has 1 aliphatic rings. The van der Waals surface area contributed by atoms with Gasteiger partial charge in [-0.2, -0.15) is 0 Å². The standard InChI is InChI=1S/C21H21FN4O/c22-18-3-5-19(6-4-18)26-12-10-25(11-13-26)15-17-14-16(2-7-20(17)27)21-23-8-1-9-24-21/h1-9,14,27H,10-13,15H2. The minimum atomic E-state index is -0.213. The predicted molar refractivity (Wildman–Crippen MR) is 103 cm³/mol. The summed E-state index contributed by atoms with van der Waals surface area (Å²) in [5.41, 5.74) is 2.81. The molecular formula is C21H21FN4O. The molecule has 1 aliphatic heterocycles. The number of phenolic OH excluding ortho intramolecular Hbond substituents is 1. The molecule has 2 heterocycles. The third-order valence-corrected chi connectivity index (χ3v) is 4.86. The number of hydrogen-bond donors (Lipinski definition) is 1. The first-order chi connectivity index (χ1) is 13.2. The average molecular weight is 364 g/mol. The molecule has 0 bridgehead atoms. The molecule has 0 radical (unpaired) electrons. The van der Waals surface area contributed by atoms with Gasteiger partial charge in [0.15, 0.2) is 5.82 Å². The van der Waals surface area contributed by atoms with Crippen LogP contribution in [0.1, 0.15) is 5.56 Å². The van der Waals surface area contributed by atoms with Gasteiger partial charge < -0.3 is 10.0 Å². The first-order valence-electron chi connectivity index (χ1n) is 9.01. The van der Waals surface area contributed by atoms with Gasteiger partial charge >= 0.3 is 0 Å². The van der Waals surface area contributed by atoms with Crippen LogP contribution in [-0.2, 0) is 6.54 Å². The lowest BCUT2D eigenvalue weighted by Crippen LogP contribution is -2.45. The number of nitrogens with zero attached hydrogens (tertiary/aromatic N) is 4. The van der Waals surface area contributed by atoms with Crippen LogP contribution in [-0.4, -0.2) is 46.2 Å². The van der Waals surface area contributed by atoms with Crippen LogP contribution in [0.3, 0.4) is 0 Å². The van der Waals surface area contributed by atoms with Crippen molar-refractivity contribution >= 4 is 5.69 Å². The van der Waals surface area contributed by atoms with Gasteiger partial charge in [0, 0.05) is 61.9 Å². The molecule has 5 nitrogen and oxygen atoms in total. The molecule has 0 unspecified atom stereocenters. The molecular weight excluding hydrogens is 343 g/mol. The summed E-state index contributed by atoms with van der Waals surface area (Å²) in [6.07, 6.45) is 3.42. The third kappa shape index (κ3) is 4.06. The van der Waals surface area contributed by atoms with E-state index in [9.17, 15) is 9.50 Å². The molecule has 0 atom stereocenters. The van der Waals surface area contributed by atoms with Crippen LogP contribution >= 0.6 is 0 Å². The van der Waals surface area contributed by atoms with E-state index < -0.39 is 0 Å². The number of phenols is 1. The molecule has 0 saturated carbocycles. The van der Waals surface area contributed by atoms with Gasteiger partial charge in [-0.3, -0.25) is 4.90 Å². The molecule has 138 valence electrons. The molecule has 6 heteroatoms. The first-order valence-corrected chi connectivity index (χ1v) is 9.01. The van der Waals surface area contributed by atoms with Gasteiger partial charge in [0.2, 0.25) is 0 Å². The minimum absolute atomic E-state index is 0.213.